The highest BCUT2D eigenvalue weighted by molar-refractivity contribution is 6.01. The molecule has 0 radical (unpaired) electrons. The first-order valence-electron chi connectivity index (χ1n) is 8.26. The van der Waals surface area contributed by atoms with Crippen molar-refractivity contribution in [3.8, 4) is 0 Å². The summed E-state index contributed by atoms with van der Waals surface area (Å²) in [4.78, 5) is 5.99. The van der Waals surface area contributed by atoms with E-state index in [0.717, 1.165) is 37.0 Å². The molecule has 3 unspecified atom stereocenters. The molecule has 0 saturated heterocycles. The van der Waals surface area contributed by atoms with Crippen LogP contribution >= 0.6 is 0 Å². The van der Waals surface area contributed by atoms with E-state index in [-0.39, 0.29) is 23.3 Å². The smallest absolute Gasteiger partial charge is 0.149 e. The summed E-state index contributed by atoms with van der Waals surface area (Å²) in [5.74, 6) is 0.856. The summed E-state index contributed by atoms with van der Waals surface area (Å²) in [7, 11) is 0. The summed E-state index contributed by atoms with van der Waals surface area (Å²) in [5.41, 5.74) is 0.558. The van der Waals surface area contributed by atoms with Gasteiger partial charge in [0.25, 0.3) is 0 Å². The highest BCUT2D eigenvalue weighted by Gasteiger charge is 2.66. The second kappa shape index (κ2) is 4.09. The van der Waals surface area contributed by atoms with Gasteiger partial charge in [-0.2, -0.15) is 0 Å². The zero-order valence-corrected chi connectivity index (χ0v) is 12.4. The summed E-state index contributed by atoms with van der Waals surface area (Å²) < 4.78 is 27.9. The quantitative estimate of drug-likeness (QED) is 0.760. The van der Waals surface area contributed by atoms with Gasteiger partial charge in [-0.1, -0.05) is 17.3 Å². The Labute approximate surface area is 128 Å². The normalized spacial score (nSPS) is 45.2. The van der Waals surface area contributed by atoms with Crippen molar-refractivity contribution in [2.45, 2.75) is 49.8 Å². The fourth-order valence-electron chi connectivity index (χ4n) is 5.66. The third-order valence-electron chi connectivity index (χ3n) is 6.44. The summed E-state index contributed by atoms with van der Waals surface area (Å²) >= 11 is 0. The molecule has 1 aromatic rings. The Balaban J connectivity index is 1.45. The Morgan fingerprint density at radius 2 is 1.73 bits per heavy atom. The van der Waals surface area contributed by atoms with Crippen molar-refractivity contribution in [3.63, 3.8) is 0 Å². The minimum atomic E-state index is -0.955. The number of nitrogens with zero attached hydrogens (tertiary/aromatic N) is 1. The summed E-state index contributed by atoms with van der Waals surface area (Å²) in [5, 5.41) is 4.33. The summed E-state index contributed by atoms with van der Waals surface area (Å²) in [6.07, 6.45) is 4.92. The van der Waals surface area contributed by atoms with Gasteiger partial charge in [-0.3, -0.25) is 0 Å². The number of hydrogen-bond acceptors (Lipinski definition) is 2. The predicted molar refractivity (Wildman–Crippen MR) is 78.8 cm³/mol. The van der Waals surface area contributed by atoms with Crippen LogP contribution in [-0.4, -0.2) is 17.0 Å². The highest BCUT2D eigenvalue weighted by atomic mass is 19.1. The van der Waals surface area contributed by atoms with Crippen LogP contribution in [-0.2, 0) is 4.84 Å². The average Bonchev–Trinajstić information content (AvgIpc) is 2.90. The van der Waals surface area contributed by atoms with Gasteiger partial charge >= 0.3 is 0 Å². The van der Waals surface area contributed by atoms with Gasteiger partial charge in [-0.15, -0.1) is 0 Å². The lowest BCUT2D eigenvalue weighted by molar-refractivity contribution is -0.217. The molecule has 4 heteroatoms. The lowest BCUT2D eigenvalue weighted by Gasteiger charge is -2.60. The van der Waals surface area contributed by atoms with Crippen molar-refractivity contribution in [2.75, 3.05) is 0 Å². The van der Waals surface area contributed by atoms with Gasteiger partial charge in [0.2, 0.25) is 0 Å². The molecule has 5 aliphatic rings. The molecule has 0 aromatic heterocycles. The predicted octanol–water partition coefficient (Wildman–Crippen LogP) is 4.24. The van der Waals surface area contributed by atoms with Gasteiger partial charge in [0.15, 0.2) is 0 Å². The third kappa shape index (κ3) is 1.67. The van der Waals surface area contributed by atoms with E-state index in [2.05, 4.69) is 5.16 Å². The summed E-state index contributed by atoms with van der Waals surface area (Å²) in [6, 6.07) is 6.42. The molecule has 1 spiro atoms. The van der Waals surface area contributed by atoms with Crippen LogP contribution in [0, 0.1) is 23.6 Å². The van der Waals surface area contributed by atoms with E-state index in [1.54, 1.807) is 12.1 Å². The molecule has 2 nitrogen and oxygen atoms in total. The van der Waals surface area contributed by atoms with Gasteiger partial charge in [0.1, 0.15) is 17.1 Å². The molecule has 6 rings (SSSR count). The van der Waals surface area contributed by atoms with Crippen LogP contribution in [0.5, 0.6) is 0 Å². The van der Waals surface area contributed by atoms with E-state index >= 15 is 0 Å². The first-order valence-corrected chi connectivity index (χ1v) is 8.26. The van der Waals surface area contributed by atoms with Gasteiger partial charge < -0.3 is 4.84 Å². The van der Waals surface area contributed by atoms with Crippen molar-refractivity contribution >= 4 is 5.71 Å². The zero-order chi connectivity index (χ0) is 14.9. The molecule has 4 fully saturated rings. The van der Waals surface area contributed by atoms with Crippen molar-refractivity contribution in [1.82, 2.24) is 0 Å². The maximum atomic E-state index is 14.9. The maximum Gasteiger partial charge on any atom is 0.149 e. The lowest BCUT2D eigenvalue weighted by atomic mass is 9.48. The summed E-state index contributed by atoms with van der Waals surface area (Å²) in [6.45, 7) is 0. The van der Waals surface area contributed by atoms with Gasteiger partial charge in [-0.25, -0.2) is 8.78 Å². The Morgan fingerprint density at radius 3 is 2.36 bits per heavy atom. The van der Waals surface area contributed by atoms with Crippen LogP contribution in [0.4, 0.5) is 8.78 Å². The maximum absolute atomic E-state index is 14.9. The minimum Gasteiger partial charge on any atom is -0.388 e. The van der Waals surface area contributed by atoms with E-state index in [9.17, 15) is 8.78 Å². The van der Waals surface area contributed by atoms with E-state index < -0.39 is 5.67 Å². The highest BCUT2D eigenvalue weighted by Crippen LogP contribution is 2.64. The fraction of sp³-hybridized carbons (Fsp3) is 0.611. The van der Waals surface area contributed by atoms with Crippen molar-refractivity contribution in [3.05, 3.63) is 35.6 Å². The Bertz CT molecular complexity index is 638. The molecule has 4 aliphatic carbocycles. The second-order valence-electron chi connectivity index (χ2n) is 7.76. The molecule has 4 bridgehead atoms. The fourth-order valence-corrected chi connectivity index (χ4v) is 5.66. The molecule has 1 aliphatic heterocycles. The third-order valence-corrected chi connectivity index (χ3v) is 6.44. The zero-order valence-electron chi connectivity index (χ0n) is 12.4. The number of halogens is 2. The largest absolute Gasteiger partial charge is 0.388 e. The van der Waals surface area contributed by atoms with Gasteiger partial charge in [-0.05, 0) is 55.7 Å². The molecule has 0 N–H and O–H groups in total. The van der Waals surface area contributed by atoms with Crippen LogP contribution in [0.3, 0.4) is 0 Å². The molecular weight excluding hydrogens is 284 g/mol. The molecule has 1 heterocycles. The number of rotatable bonds is 1. The molecule has 22 heavy (non-hydrogen) atoms. The van der Waals surface area contributed by atoms with E-state index in [1.807, 2.05) is 0 Å². The Kier molecular flexibility index (Phi) is 2.42. The van der Waals surface area contributed by atoms with Crippen LogP contribution in [0.2, 0.25) is 0 Å². The minimum absolute atomic E-state index is 0.244. The van der Waals surface area contributed by atoms with Gasteiger partial charge in [0, 0.05) is 18.3 Å². The Morgan fingerprint density at radius 1 is 1.05 bits per heavy atom. The van der Waals surface area contributed by atoms with Crippen molar-refractivity contribution in [1.29, 1.82) is 0 Å². The molecule has 4 saturated carbocycles. The van der Waals surface area contributed by atoms with Crippen LogP contribution in [0.25, 0.3) is 0 Å². The first kappa shape index (κ1) is 13.0. The molecular formula is C18H19F2NO. The van der Waals surface area contributed by atoms with E-state index in [4.69, 9.17) is 4.84 Å². The Hall–Kier alpha value is -1.45. The van der Waals surface area contributed by atoms with Crippen molar-refractivity contribution in [2.24, 2.45) is 22.9 Å². The lowest BCUT2D eigenvalue weighted by Crippen LogP contribution is -2.62. The number of oxime groups is 1. The van der Waals surface area contributed by atoms with E-state index in [0.29, 0.717) is 18.8 Å². The number of alkyl halides is 1. The standard InChI is InChI=1S/C18H19F2NO/c19-15-3-1-12(2-4-15)16-10-18(22-21-16)13-5-11-6-14(18)9-17(20,7-11)8-13/h1-4,11,13-14H,5-10H2/t11?,13-,14+,17?,18?. The number of benzene rings is 1. The van der Waals surface area contributed by atoms with Gasteiger partial charge in [0.05, 0.1) is 5.71 Å². The molecule has 0 amide bonds. The van der Waals surface area contributed by atoms with Crippen molar-refractivity contribution < 1.29 is 13.6 Å². The van der Waals surface area contributed by atoms with Crippen LogP contribution in [0.1, 0.15) is 44.1 Å². The number of hydrogen-bond donors (Lipinski definition) is 0. The second-order valence-corrected chi connectivity index (χ2v) is 7.76. The average molecular weight is 303 g/mol. The monoisotopic (exact) mass is 303 g/mol. The van der Waals surface area contributed by atoms with Crippen LogP contribution < -0.4 is 0 Å². The molecule has 1 aromatic carbocycles. The van der Waals surface area contributed by atoms with Crippen LogP contribution in [0.15, 0.2) is 29.4 Å². The van der Waals surface area contributed by atoms with E-state index in [1.165, 1.54) is 12.1 Å². The topological polar surface area (TPSA) is 21.6 Å². The first-order chi connectivity index (χ1) is 10.6. The molecule has 5 atom stereocenters. The molecule has 116 valence electrons. The SMILES string of the molecule is Fc1ccc(C2=NOC3(C2)[C@@H]2CC4C[C@H]3CC(F)(C4)C2)cc1.